The van der Waals surface area contributed by atoms with Gasteiger partial charge in [-0.1, -0.05) is 11.6 Å². The number of halogens is 1. The molecule has 2 aromatic rings. The lowest BCUT2D eigenvalue weighted by molar-refractivity contribution is 0.642. The number of pyridine rings is 1. The molecule has 4 rings (SSSR count). The molecule has 1 fully saturated rings. The number of hydrogen-bond donors (Lipinski definition) is 1. The molecule has 1 N–H and O–H groups in total. The summed E-state index contributed by atoms with van der Waals surface area (Å²) in [4.78, 5) is 4.87. The maximum absolute atomic E-state index is 6.20. The Kier molecular flexibility index (Phi) is 3.16. The van der Waals surface area contributed by atoms with E-state index < -0.39 is 0 Å². The van der Waals surface area contributed by atoms with Gasteiger partial charge >= 0.3 is 0 Å². The number of fused-ring (bicyclic) bond motifs is 2. The number of nitrogens with one attached hydrogen (secondary N) is 1. The zero-order valence-electron chi connectivity index (χ0n) is 11.6. The molecule has 0 bridgehead atoms. The third kappa shape index (κ3) is 2.32. The van der Waals surface area contributed by atoms with Crippen LogP contribution in [-0.4, -0.2) is 11.0 Å². The van der Waals surface area contributed by atoms with Gasteiger partial charge in [0.2, 0.25) is 0 Å². The second kappa shape index (κ2) is 5.01. The minimum Gasteiger partial charge on any atom is -0.310 e. The SMILES string of the molecule is Clc1ccc2nc3c(c(CNC4CC4)c2c1)CCCC3. The van der Waals surface area contributed by atoms with Crippen LogP contribution in [0, 0.1) is 0 Å². The number of aryl methyl sites for hydroxylation is 1. The monoisotopic (exact) mass is 286 g/mol. The van der Waals surface area contributed by atoms with Gasteiger partial charge in [0.1, 0.15) is 0 Å². The molecule has 1 aromatic carbocycles. The highest BCUT2D eigenvalue weighted by Gasteiger charge is 2.23. The lowest BCUT2D eigenvalue weighted by Crippen LogP contribution is -2.19. The molecule has 1 saturated carbocycles. The van der Waals surface area contributed by atoms with Crippen LogP contribution in [0.5, 0.6) is 0 Å². The van der Waals surface area contributed by atoms with E-state index >= 15 is 0 Å². The summed E-state index contributed by atoms with van der Waals surface area (Å²) in [7, 11) is 0. The average Bonchev–Trinajstić information content (AvgIpc) is 3.28. The molecule has 0 unspecified atom stereocenters. The van der Waals surface area contributed by atoms with Gasteiger partial charge in [0, 0.05) is 28.7 Å². The maximum atomic E-state index is 6.20. The van der Waals surface area contributed by atoms with Crippen molar-refractivity contribution in [1.29, 1.82) is 0 Å². The van der Waals surface area contributed by atoms with Crippen molar-refractivity contribution >= 4 is 22.5 Å². The molecule has 1 aromatic heterocycles. The van der Waals surface area contributed by atoms with Gasteiger partial charge in [-0.15, -0.1) is 0 Å². The molecule has 20 heavy (non-hydrogen) atoms. The molecule has 104 valence electrons. The summed E-state index contributed by atoms with van der Waals surface area (Å²) in [5.41, 5.74) is 5.35. The lowest BCUT2D eigenvalue weighted by atomic mass is 9.90. The minimum atomic E-state index is 0.733. The van der Waals surface area contributed by atoms with E-state index in [-0.39, 0.29) is 0 Å². The smallest absolute Gasteiger partial charge is 0.0709 e. The Morgan fingerprint density at radius 2 is 2.05 bits per heavy atom. The number of hydrogen-bond acceptors (Lipinski definition) is 2. The second-order valence-corrected chi connectivity index (χ2v) is 6.48. The molecule has 0 radical (unpaired) electrons. The zero-order chi connectivity index (χ0) is 13.5. The van der Waals surface area contributed by atoms with Crippen LogP contribution in [0.2, 0.25) is 5.02 Å². The number of benzene rings is 1. The molecule has 1 heterocycles. The van der Waals surface area contributed by atoms with Crippen LogP contribution in [-0.2, 0) is 19.4 Å². The third-order valence-electron chi connectivity index (χ3n) is 4.49. The summed E-state index contributed by atoms with van der Waals surface area (Å²) in [6, 6.07) is 6.83. The maximum Gasteiger partial charge on any atom is 0.0709 e. The fourth-order valence-corrected chi connectivity index (χ4v) is 3.40. The van der Waals surface area contributed by atoms with Crippen molar-refractivity contribution in [1.82, 2.24) is 10.3 Å². The van der Waals surface area contributed by atoms with E-state index in [1.54, 1.807) is 0 Å². The van der Waals surface area contributed by atoms with Crippen molar-refractivity contribution in [2.45, 2.75) is 51.1 Å². The van der Waals surface area contributed by atoms with Gasteiger partial charge < -0.3 is 5.32 Å². The van der Waals surface area contributed by atoms with E-state index in [1.807, 2.05) is 6.07 Å². The summed E-state index contributed by atoms with van der Waals surface area (Å²) >= 11 is 6.20. The van der Waals surface area contributed by atoms with Crippen molar-refractivity contribution < 1.29 is 0 Å². The van der Waals surface area contributed by atoms with Gasteiger partial charge in [-0.05, 0) is 67.9 Å². The molecule has 0 amide bonds. The molecule has 3 heteroatoms. The molecule has 0 saturated heterocycles. The summed E-state index contributed by atoms with van der Waals surface area (Å²) in [6.45, 7) is 0.965. The Bertz CT molecular complexity index is 662. The Morgan fingerprint density at radius 1 is 1.20 bits per heavy atom. The first-order valence-corrected chi connectivity index (χ1v) is 8.02. The fourth-order valence-electron chi connectivity index (χ4n) is 3.23. The topological polar surface area (TPSA) is 24.9 Å². The number of nitrogens with zero attached hydrogens (tertiary/aromatic N) is 1. The van der Waals surface area contributed by atoms with Crippen LogP contribution in [0.25, 0.3) is 10.9 Å². The summed E-state index contributed by atoms with van der Waals surface area (Å²) in [5.74, 6) is 0. The third-order valence-corrected chi connectivity index (χ3v) is 4.72. The Balaban J connectivity index is 1.86. The van der Waals surface area contributed by atoms with Gasteiger partial charge in [-0.25, -0.2) is 0 Å². The first-order valence-electron chi connectivity index (χ1n) is 7.64. The van der Waals surface area contributed by atoms with E-state index in [2.05, 4.69) is 17.4 Å². The highest BCUT2D eigenvalue weighted by atomic mass is 35.5. The molecule has 0 aliphatic heterocycles. The van der Waals surface area contributed by atoms with Crippen molar-refractivity contribution in [2.24, 2.45) is 0 Å². The van der Waals surface area contributed by atoms with Crippen molar-refractivity contribution in [2.75, 3.05) is 0 Å². The van der Waals surface area contributed by atoms with E-state index in [4.69, 9.17) is 16.6 Å². The first-order chi connectivity index (χ1) is 9.81. The van der Waals surface area contributed by atoms with Crippen LogP contribution >= 0.6 is 11.6 Å². The Hall–Kier alpha value is -1.12. The van der Waals surface area contributed by atoms with Crippen molar-refractivity contribution in [3.63, 3.8) is 0 Å². The standard InChI is InChI=1S/C17H19ClN2/c18-11-5-8-17-14(9-11)15(10-19-12-6-7-12)13-3-1-2-4-16(13)20-17/h5,8-9,12,19H,1-4,6-7,10H2. The van der Waals surface area contributed by atoms with Crippen molar-refractivity contribution in [3.8, 4) is 0 Å². The predicted molar refractivity (Wildman–Crippen MR) is 83.3 cm³/mol. The molecule has 2 aliphatic carbocycles. The van der Waals surface area contributed by atoms with Crippen LogP contribution in [0.1, 0.15) is 42.5 Å². The average molecular weight is 287 g/mol. The van der Waals surface area contributed by atoms with Crippen LogP contribution < -0.4 is 5.32 Å². The summed E-state index contributed by atoms with van der Waals surface area (Å²) < 4.78 is 0. The molecular weight excluding hydrogens is 268 g/mol. The lowest BCUT2D eigenvalue weighted by Gasteiger charge is -2.21. The number of aromatic nitrogens is 1. The first kappa shape index (κ1) is 12.6. The Morgan fingerprint density at radius 3 is 2.90 bits per heavy atom. The largest absolute Gasteiger partial charge is 0.310 e. The van der Waals surface area contributed by atoms with Crippen LogP contribution in [0.3, 0.4) is 0 Å². The highest BCUT2D eigenvalue weighted by Crippen LogP contribution is 2.31. The number of rotatable bonds is 3. The van der Waals surface area contributed by atoms with Gasteiger partial charge in [-0.2, -0.15) is 0 Å². The quantitative estimate of drug-likeness (QED) is 0.922. The summed E-state index contributed by atoms with van der Waals surface area (Å²) in [6.07, 6.45) is 7.51. The predicted octanol–water partition coefficient (Wildman–Crippen LogP) is 4.02. The molecule has 2 aliphatic rings. The normalized spacial score (nSPS) is 18.2. The van der Waals surface area contributed by atoms with Crippen LogP contribution in [0.4, 0.5) is 0 Å². The molecule has 2 nitrogen and oxygen atoms in total. The fraction of sp³-hybridized carbons (Fsp3) is 0.471. The molecule has 0 spiro atoms. The van der Waals surface area contributed by atoms with Crippen LogP contribution in [0.15, 0.2) is 18.2 Å². The summed E-state index contributed by atoms with van der Waals surface area (Å²) in [5, 5.41) is 5.71. The van der Waals surface area contributed by atoms with E-state index in [0.29, 0.717) is 0 Å². The van der Waals surface area contributed by atoms with E-state index in [0.717, 1.165) is 29.5 Å². The van der Waals surface area contributed by atoms with Crippen molar-refractivity contribution in [3.05, 3.63) is 40.0 Å². The molecular formula is C17H19ClN2. The van der Waals surface area contributed by atoms with Gasteiger partial charge in [0.25, 0.3) is 0 Å². The zero-order valence-corrected chi connectivity index (χ0v) is 12.3. The minimum absolute atomic E-state index is 0.733. The highest BCUT2D eigenvalue weighted by molar-refractivity contribution is 6.31. The Labute approximate surface area is 124 Å². The van der Waals surface area contributed by atoms with E-state index in [9.17, 15) is 0 Å². The van der Waals surface area contributed by atoms with Gasteiger partial charge in [0.15, 0.2) is 0 Å². The molecule has 0 atom stereocenters. The van der Waals surface area contributed by atoms with Gasteiger partial charge in [-0.3, -0.25) is 4.98 Å². The van der Waals surface area contributed by atoms with E-state index in [1.165, 1.54) is 54.3 Å². The second-order valence-electron chi connectivity index (χ2n) is 6.04. The van der Waals surface area contributed by atoms with Gasteiger partial charge in [0.05, 0.1) is 5.52 Å².